The van der Waals surface area contributed by atoms with E-state index in [4.69, 9.17) is 5.73 Å². The SMILES string of the molecule is CCCCCCCCCCCC(=O)OC(=O)CCC(=O)OC(C)N.[NaH]. The molecule has 0 heterocycles. The van der Waals surface area contributed by atoms with Gasteiger partial charge in [0, 0.05) is 6.42 Å². The fourth-order valence-electron chi connectivity index (χ4n) is 2.28. The van der Waals surface area contributed by atoms with E-state index in [1.807, 2.05) is 0 Å². The van der Waals surface area contributed by atoms with Crippen molar-refractivity contribution >= 4 is 47.5 Å². The van der Waals surface area contributed by atoms with E-state index >= 15 is 0 Å². The second-order valence-electron chi connectivity index (χ2n) is 6.12. The van der Waals surface area contributed by atoms with Gasteiger partial charge in [0.15, 0.2) is 0 Å². The summed E-state index contributed by atoms with van der Waals surface area (Å²) in [4.78, 5) is 34.1. The summed E-state index contributed by atoms with van der Waals surface area (Å²) in [5, 5.41) is 0. The molecule has 0 saturated heterocycles. The Morgan fingerprint density at radius 2 is 1.20 bits per heavy atom. The third-order valence-corrected chi connectivity index (χ3v) is 3.56. The standard InChI is InChI=1S/C18H33NO5.Na.H/c1-3-4-5-6-7-8-9-10-11-12-16(20)24-18(22)14-13-17(21)23-15(2)19;;/h15H,3-14,19H2,1-2H3;;. The molecule has 0 aromatic carbocycles. The minimum atomic E-state index is -0.707. The predicted octanol–water partition coefficient (Wildman–Crippen LogP) is 2.96. The Morgan fingerprint density at radius 3 is 1.72 bits per heavy atom. The van der Waals surface area contributed by atoms with Crippen LogP contribution >= 0.6 is 0 Å². The van der Waals surface area contributed by atoms with Gasteiger partial charge in [-0.05, 0) is 13.3 Å². The van der Waals surface area contributed by atoms with Gasteiger partial charge in [-0.2, -0.15) is 0 Å². The first-order valence-electron chi connectivity index (χ1n) is 9.14. The van der Waals surface area contributed by atoms with Crippen molar-refractivity contribution in [3.05, 3.63) is 0 Å². The Bertz CT molecular complexity index is 374. The van der Waals surface area contributed by atoms with Crippen molar-refractivity contribution in [2.45, 2.75) is 97.1 Å². The third-order valence-electron chi connectivity index (χ3n) is 3.56. The average Bonchev–Trinajstić information content (AvgIpc) is 2.50. The van der Waals surface area contributed by atoms with Gasteiger partial charge in [0.25, 0.3) is 0 Å². The monoisotopic (exact) mass is 367 g/mol. The molecule has 142 valence electrons. The summed E-state index contributed by atoms with van der Waals surface area (Å²) in [7, 11) is 0. The van der Waals surface area contributed by atoms with Crippen LogP contribution in [0.2, 0.25) is 0 Å². The Balaban J connectivity index is 0. The molecular formula is C18H34NNaO5. The molecule has 0 aliphatic carbocycles. The molecule has 0 rings (SSSR count). The number of carbonyl (C=O) groups is 3. The fraction of sp³-hybridized carbons (Fsp3) is 0.833. The van der Waals surface area contributed by atoms with Crippen LogP contribution in [0.1, 0.15) is 90.9 Å². The second kappa shape index (κ2) is 18.4. The summed E-state index contributed by atoms with van der Waals surface area (Å²) in [5.41, 5.74) is 5.29. The van der Waals surface area contributed by atoms with Crippen molar-refractivity contribution in [1.29, 1.82) is 0 Å². The first-order chi connectivity index (χ1) is 11.5. The molecule has 2 N–H and O–H groups in total. The third kappa shape index (κ3) is 19.7. The summed E-state index contributed by atoms with van der Waals surface area (Å²) in [5.74, 6) is -1.80. The van der Waals surface area contributed by atoms with Gasteiger partial charge in [-0.15, -0.1) is 0 Å². The maximum atomic E-state index is 11.5. The number of hydrogen-bond acceptors (Lipinski definition) is 6. The van der Waals surface area contributed by atoms with Gasteiger partial charge in [0.1, 0.15) is 6.23 Å². The van der Waals surface area contributed by atoms with Gasteiger partial charge in [-0.1, -0.05) is 58.3 Å². The molecule has 1 unspecified atom stereocenters. The maximum absolute atomic E-state index is 11.5. The van der Waals surface area contributed by atoms with Gasteiger partial charge in [0.2, 0.25) is 0 Å². The molecule has 0 bridgehead atoms. The molecule has 0 aromatic rings. The molecule has 7 heteroatoms. The molecule has 0 spiro atoms. The Hall–Kier alpha value is -0.430. The quantitative estimate of drug-likeness (QED) is 0.167. The summed E-state index contributed by atoms with van der Waals surface area (Å²) in [6, 6.07) is 0. The van der Waals surface area contributed by atoms with E-state index < -0.39 is 24.1 Å². The first kappa shape index (κ1) is 26.8. The predicted molar refractivity (Wildman–Crippen MR) is 99.1 cm³/mol. The molecule has 6 nitrogen and oxygen atoms in total. The van der Waals surface area contributed by atoms with Gasteiger partial charge in [0.05, 0.1) is 12.8 Å². The molecule has 0 radical (unpaired) electrons. The van der Waals surface area contributed by atoms with E-state index in [0.29, 0.717) is 0 Å². The van der Waals surface area contributed by atoms with E-state index in [0.717, 1.165) is 19.3 Å². The number of unbranched alkanes of at least 4 members (excludes halogenated alkanes) is 8. The molecule has 25 heavy (non-hydrogen) atoms. The normalized spacial score (nSPS) is 11.3. The summed E-state index contributed by atoms with van der Waals surface area (Å²) in [6.07, 6.45) is 9.64. The number of esters is 3. The zero-order valence-electron chi connectivity index (χ0n) is 15.2. The van der Waals surface area contributed by atoms with E-state index in [-0.39, 0.29) is 48.8 Å². The Morgan fingerprint density at radius 1 is 0.760 bits per heavy atom. The van der Waals surface area contributed by atoms with Gasteiger partial charge in [-0.3, -0.25) is 20.1 Å². The van der Waals surface area contributed by atoms with E-state index in [2.05, 4.69) is 16.4 Å². The fourth-order valence-corrected chi connectivity index (χ4v) is 2.28. The Labute approximate surface area is 173 Å². The molecule has 0 aliphatic heterocycles. The summed E-state index contributed by atoms with van der Waals surface area (Å²) in [6.45, 7) is 3.72. The summed E-state index contributed by atoms with van der Waals surface area (Å²) < 4.78 is 9.35. The van der Waals surface area contributed by atoms with Crippen molar-refractivity contribution < 1.29 is 23.9 Å². The van der Waals surface area contributed by atoms with Crippen LogP contribution in [0.5, 0.6) is 0 Å². The average molecular weight is 367 g/mol. The van der Waals surface area contributed by atoms with Gasteiger partial charge < -0.3 is 9.47 Å². The minimum absolute atomic E-state index is 0. The van der Waals surface area contributed by atoms with Gasteiger partial charge in [-0.25, -0.2) is 0 Å². The second-order valence-corrected chi connectivity index (χ2v) is 6.12. The number of rotatable bonds is 14. The first-order valence-corrected chi connectivity index (χ1v) is 9.14. The van der Waals surface area contributed by atoms with Crippen LogP contribution in [0, 0.1) is 0 Å². The van der Waals surface area contributed by atoms with Crippen LogP contribution in [0.25, 0.3) is 0 Å². The number of carbonyl (C=O) groups excluding carboxylic acids is 3. The van der Waals surface area contributed by atoms with Crippen LogP contribution in [-0.2, 0) is 23.9 Å². The van der Waals surface area contributed by atoms with Crippen molar-refractivity contribution in [3.8, 4) is 0 Å². The zero-order chi connectivity index (χ0) is 18.2. The molecular weight excluding hydrogens is 333 g/mol. The molecule has 0 aliphatic rings. The van der Waals surface area contributed by atoms with Crippen LogP contribution in [0.4, 0.5) is 0 Å². The molecule has 0 fully saturated rings. The van der Waals surface area contributed by atoms with E-state index in [9.17, 15) is 14.4 Å². The molecule has 0 aromatic heterocycles. The van der Waals surface area contributed by atoms with Crippen molar-refractivity contribution in [2.75, 3.05) is 0 Å². The van der Waals surface area contributed by atoms with Crippen molar-refractivity contribution in [1.82, 2.24) is 0 Å². The van der Waals surface area contributed by atoms with Crippen molar-refractivity contribution in [2.24, 2.45) is 5.73 Å². The van der Waals surface area contributed by atoms with Crippen LogP contribution in [0.15, 0.2) is 0 Å². The number of ether oxygens (including phenoxy) is 2. The Kier molecular flexibility index (Phi) is 19.7. The topological polar surface area (TPSA) is 95.7 Å². The van der Waals surface area contributed by atoms with Crippen LogP contribution < -0.4 is 5.73 Å². The van der Waals surface area contributed by atoms with Crippen LogP contribution in [-0.4, -0.2) is 53.7 Å². The number of hydrogen-bond donors (Lipinski definition) is 1. The van der Waals surface area contributed by atoms with E-state index in [1.165, 1.54) is 45.4 Å². The molecule has 0 amide bonds. The van der Waals surface area contributed by atoms with Crippen molar-refractivity contribution in [3.63, 3.8) is 0 Å². The summed E-state index contributed by atoms with van der Waals surface area (Å²) >= 11 is 0. The van der Waals surface area contributed by atoms with Crippen LogP contribution in [0.3, 0.4) is 0 Å². The zero-order valence-corrected chi connectivity index (χ0v) is 15.2. The number of nitrogens with two attached hydrogens (primary N) is 1. The molecule has 0 saturated carbocycles. The van der Waals surface area contributed by atoms with E-state index in [1.54, 1.807) is 0 Å². The van der Waals surface area contributed by atoms with Gasteiger partial charge >= 0.3 is 47.5 Å². The molecule has 1 atom stereocenters.